The second-order valence-corrected chi connectivity index (χ2v) is 7.60. The van der Waals surface area contributed by atoms with Gasteiger partial charge in [-0.3, -0.25) is 14.2 Å². The normalized spacial score (nSPS) is 12.9. The largest absolute Gasteiger partial charge is 0.494 e. The maximum Gasteiger partial charge on any atom is 0.257 e. The molecular weight excluding hydrogens is 304 g/mol. The third-order valence-electron chi connectivity index (χ3n) is 4.18. The Morgan fingerprint density at radius 3 is 2.46 bits per heavy atom. The van der Waals surface area contributed by atoms with Gasteiger partial charge in [-0.15, -0.1) is 0 Å². The minimum Gasteiger partial charge on any atom is -0.494 e. The molecule has 0 saturated carbocycles. The van der Waals surface area contributed by atoms with Gasteiger partial charge in [-0.25, -0.2) is 0 Å². The summed E-state index contributed by atoms with van der Waals surface area (Å²) in [6, 6.07) is 1.43. The van der Waals surface area contributed by atoms with Crippen LogP contribution in [0.3, 0.4) is 0 Å². The van der Waals surface area contributed by atoms with E-state index in [1.54, 1.807) is 6.92 Å². The lowest BCUT2D eigenvalue weighted by molar-refractivity contribution is 0.0914. The molecule has 5 nitrogen and oxygen atoms in total. The first-order valence-corrected chi connectivity index (χ1v) is 8.86. The summed E-state index contributed by atoms with van der Waals surface area (Å²) in [5, 5.41) is 13.4. The number of hydrogen-bond acceptors (Lipinski definition) is 3. The molecule has 0 saturated heterocycles. The molecule has 0 radical (unpaired) electrons. The van der Waals surface area contributed by atoms with Crippen LogP contribution in [0.1, 0.15) is 76.2 Å². The summed E-state index contributed by atoms with van der Waals surface area (Å²) in [6.07, 6.45) is 4.14. The summed E-state index contributed by atoms with van der Waals surface area (Å²) in [5.74, 6) is -0.265. The van der Waals surface area contributed by atoms with Crippen LogP contribution in [0.4, 0.5) is 0 Å². The number of nitrogens with one attached hydrogen (secondary N) is 1. The van der Waals surface area contributed by atoms with Gasteiger partial charge in [0.15, 0.2) is 0 Å². The fraction of sp³-hybridized carbons (Fsp3) is 0.684. The Morgan fingerprint density at radius 2 is 1.96 bits per heavy atom. The minimum absolute atomic E-state index is 0.190. The van der Waals surface area contributed by atoms with E-state index in [2.05, 4.69) is 19.2 Å². The van der Waals surface area contributed by atoms with Crippen LogP contribution in [-0.4, -0.2) is 21.1 Å². The number of rotatable bonds is 7. The van der Waals surface area contributed by atoms with Gasteiger partial charge in [0, 0.05) is 18.2 Å². The number of aromatic nitrogens is 1. The van der Waals surface area contributed by atoms with Crippen LogP contribution in [0.15, 0.2) is 10.9 Å². The van der Waals surface area contributed by atoms with E-state index in [1.165, 1.54) is 10.6 Å². The smallest absolute Gasteiger partial charge is 0.257 e. The number of hydrogen-bond donors (Lipinski definition) is 2. The number of aryl methyl sites for hydroxylation is 1. The number of carbonyl (C=O) groups excluding carboxylic acids is 1. The highest BCUT2D eigenvalue weighted by molar-refractivity contribution is 5.98. The molecule has 2 N–H and O–H groups in total. The average molecular weight is 336 g/mol. The summed E-state index contributed by atoms with van der Waals surface area (Å²) in [4.78, 5) is 24.8. The van der Waals surface area contributed by atoms with Crippen molar-refractivity contribution in [3.8, 4) is 5.88 Å². The summed E-state index contributed by atoms with van der Waals surface area (Å²) >= 11 is 0. The lowest BCUT2D eigenvalue weighted by Gasteiger charge is -2.23. The fourth-order valence-electron chi connectivity index (χ4n) is 2.79. The third kappa shape index (κ3) is 5.39. The summed E-state index contributed by atoms with van der Waals surface area (Å²) in [6.45, 7) is 12.0. The predicted molar refractivity (Wildman–Crippen MR) is 97.6 cm³/mol. The molecule has 0 aliphatic rings. The zero-order chi connectivity index (χ0) is 18.5. The topological polar surface area (TPSA) is 71.3 Å². The Morgan fingerprint density at radius 1 is 1.33 bits per heavy atom. The lowest BCUT2D eigenvalue weighted by atomic mass is 9.99. The van der Waals surface area contributed by atoms with E-state index in [4.69, 9.17) is 0 Å². The molecule has 24 heavy (non-hydrogen) atoms. The van der Waals surface area contributed by atoms with E-state index in [-0.39, 0.29) is 22.9 Å². The number of unbranched alkanes of at least 4 members (excludes halogenated alkanes) is 1. The minimum atomic E-state index is -0.413. The van der Waals surface area contributed by atoms with Crippen molar-refractivity contribution in [3.05, 3.63) is 27.5 Å². The van der Waals surface area contributed by atoms with Gasteiger partial charge in [-0.2, -0.15) is 0 Å². The molecule has 0 aliphatic carbocycles. The van der Waals surface area contributed by atoms with Crippen molar-refractivity contribution >= 4 is 5.91 Å². The highest BCUT2D eigenvalue weighted by atomic mass is 16.3. The Bertz CT molecular complexity index is 627. The zero-order valence-corrected chi connectivity index (χ0v) is 15.9. The molecule has 1 rings (SSSR count). The Kier molecular flexibility index (Phi) is 7.06. The Labute approximate surface area is 145 Å². The van der Waals surface area contributed by atoms with Crippen molar-refractivity contribution in [2.75, 3.05) is 0 Å². The van der Waals surface area contributed by atoms with Crippen LogP contribution in [0, 0.1) is 12.8 Å². The molecular formula is C19H32N2O3. The highest BCUT2D eigenvalue weighted by Crippen LogP contribution is 2.23. The van der Waals surface area contributed by atoms with E-state index in [0.717, 1.165) is 25.7 Å². The molecule has 136 valence electrons. The Hall–Kier alpha value is -1.78. The quantitative estimate of drug-likeness (QED) is 0.799. The van der Waals surface area contributed by atoms with Gasteiger partial charge < -0.3 is 10.4 Å². The van der Waals surface area contributed by atoms with Crippen LogP contribution >= 0.6 is 0 Å². The number of pyridine rings is 1. The molecule has 1 aromatic heterocycles. The molecule has 0 bridgehead atoms. The van der Waals surface area contributed by atoms with E-state index in [0.29, 0.717) is 18.0 Å². The van der Waals surface area contributed by atoms with Crippen molar-refractivity contribution in [1.82, 2.24) is 9.88 Å². The molecule has 0 aliphatic heterocycles. The molecule has 5 heteroatoms. The van der Waals surface area contributed by atoms with Crippen molar-refractivity contribution < 1.29 is 9.90 Å². The second kappa shape index (κ2) is 8.36. The van der Waals surface area contributed by atoms with Crippen molar-refractivity contribution in [3.63, 3.8) is 0 Å². The molecule has 0 spiro atoms. The number of carbonyl (C=O) groups is 1. The zero-order valence-electron chi connectivity index (χ0n) is 15.9. The van der Waals surface area contributed by atoms with Crippen LogP contribution in [0.5, 0.6) is 5.88 Å². The second-order valence-electron chi connectivity index (χ2n) is 7.60. The SMILES string of the molecule is CCCCC(CC)Cn1c(O)c(C(=O)NC(C)(C)C)c(C)cc1=O. The first kappa shape index (κ1) is 20.3. The van der Waals surface area contributed by atoms with Gasteiger partial charge in [-0.05, 0) is 45.6 Å². The van der Waals surface area contributed by atoms with E-state index in [1.807, 2.05) is 20.8 Å². The standard InChI is InChI=1S/C19H32N2O3/c1-7-9-10-14(8-2)12-21-15(22)11-13(3)16(18(21)24)17(23)20-19(4,5)6/h11,14,24H,7-10,12H2,1-6H3,(H,20,23). The Balaban J connectivity index is 3.21. The van der Waals surface area contributed by atoms with Gasteiger partial charge in [0.25, 0.3) is 11.5 Å². The molecule has 1 heterocycles. The third-order valence-corrected chi connectivity index (χ3v) is 4.18. The van der Waals surface area contributed by atoms with Gasteiger partial charge in [0.05, 0.1) is 0 Å². The van der Waals surface area contributed by atoms with Crippen LogP contribution in [0.25, 0.3) is 0 Å². The summed E-state index contributed by atoms with van der Waals surface area (Å²) in [5.41, 5.74) is 0.0172. The van der Waals surface area contributed by atoms with Crippen LogP contribution < -0.4 is 10.9 Å². The highest BCUT2D eigenvalue weighted by Gasteiger charge is 2.23. The van der Waals surface area contributed by atoms with Crippen molar-refractivity contribution in [1.29, 1.82) is 0 Å². The van der Waals surface area contributed by atoms with Crippen LogP contribution in [0.2, 0.25) is 0 Å². The lowest BCUT2D eigenvalue weighted by Crippen LogP contribution is -2.41. The summed E-state index contributed by atoms with van der Waals surface area (Å²) in [7, 11) is 0. The van der Waals surface area contributed by atoms with Gasteiger partial charge in [-0.1, -0.05) is 33.1 Å². The number of aromatic hydroxyl groups is 1. The molecule has 0 fully saturated rings. The fourth-order valence-corrected chi connectivity index (χ4v) is 2.79. The molecule has 0 aromatic carbocycles. The first-order chi connectivity index (χ1) is 11.1. The van der Waals surface area contributed by atoms with E-state index >= 15 is 0 Å². The average Bonchev–Trinajstić information content (AvgIpc) is 2.44. The summed E-state index contributed by atoms with van der Waals surface area (Å²) < 4.78 is 1.34. The number of nitrogens with zero attached hydrogens (tertiary/aromatic N) is 1. The van der Waals surface area contributed by atoms with E-state index in [9.17, 15) is 14.7 Å². The van der Waals surface area contributed by atoms with Crippen LogP contribution in [-0.2, 0) is 6.54 Å². The first-order valence-electron chi connectivity index (χ1n) is 8.86. The maximum atomic E-state index is 12.5. The van der Waals surface area contributed by atoms with Crippen molar-refractivity contribution in [2.24, 2.45) is 5.92 Å². The predicted octanol–water partition coefficient (Wildman–Crippen LogP) is 3.61. The maximum absolute atomic E-state index is 12.5. The van der Waals surface area contributed by atoms with E-state index < -0.39 is 5.54 Å². The monoisotopic (exact) mass is 336 g/mol. The number of amides is 1. The van der Waals surface area contributed by atoms with Crippen molar-refractivity contribution in [2.45, 2.75) is 79.3 Å². The molecule has 1 atom stereocenters. The van der Waals surface area contributed by atoms with Gasteiger partial charge >= 0.3 is 0 Å². The van der Waals surface area contributed by atoms with Gasteiger partial charge in [0.1, 0.15) is 5.56 Å². The molecule has 1 amide bonds. The molecule has 1 aromatic rings. The molecule has 1 unspecified atom stereocenters. The van der Waals surface area contributed by atoms with Gasteiger partial charge in [0.2, 0.25) is 5.88 Å².